The molecule has 126 valence electrons. The van der Waals surface area contributed by atoms with E-state index >= 15 is 0 Å². The lowest BCUT2D eigenvalue weighted by atomic mass is 9.82. The predicted octanol–water partition coefficient (Wildman–Crippen LogP) is 2.31. The third-order valence-corrected chi connectivity index (χ3v) is 5.84. The zero-order chi connectivity index (χ0) is 16.4. The van der Waals surface area contributed by atoms with Crippen LogP contribution < -0.4 is 0 Å². The van der Waals surface area contributed by atoms with Gasteiger partial charge in [0.2, 0.25) is 0 Å². The molecule has 3 fully saturated rings. The summed E-state index contributed by atoms with van der Waals surface area (Å²) >= 11 is 0. The van der Waals surface area contributed by atoms with Crippen LogP contribution in [0.5, 0.6) is 0 Å². The van der Waals surface area contributed by atoms with Crippen LogP contribution in [0.4, 0.5) is 0 Å². The van der Waals surface area contributed by atoms with Crippen molar-refractivity contribution in [2.75, 3.05) is 13.2 Å². The fourth-order valence-corrected chi connectivity index (χ4v) is 4.94. The van der Waals surface area contributed by atoms with Crippen molar-refractivity contribution in [1.82, 2.24) is 4.90 Å². The zero-order valence-corrected chi connectivity index (χ0v) is 13.7. The number of amides is 2. The molecule has 2 amide bonds. The first kappa shape index (κ1) is 16.2. The van der Waals surface area contributed by atoms with E-state index in [1.165, 1.54) is 23.7 Å². The Kier molecular flexibility index (Phi) is 4.83. The van der Waals surface area contributed by atoms with Gasteiger partial charge in [0.05, 0.1) is 6.61 Å². The first-order valence-electron chi connectivity index (χ1n) is 8.79. The van der Waals surface area contributed by atoms with E-state index < -0.39 is 17.8 Å². The molecular weight excluding hydrogens is 294 g/mol. The lowest BCUT2D eigenvalue weighted by Gasteiger charge is -2.23. The van der Waals surface area contributed by atoms with Gasteiger partial charge in [-0.25, -0.2) is 0 Å². The number of rotatable bonds is 3. The van der Waals surface area contributed by atoms with Gasteiger partial charge in [0.1, 0.15) is 6.54 Å². The first-order chi connectivity index (χ1) is 11.1. The van der Waals surface area contributed by atoms with Crippen molar-refractivity contribution in [3.8, 4) is 0 Å². The van der Waals surface area contributed by atoms with Gasteiger partial charge in [-0.1, -0.05) is 6.42 Å². The van der Waals surface area contributed by atoms with Crippen LogP contribution in [0.15, 0.2) is 12.2 Å². The van der Waals surface area contributed by atoms with Crippen molar-refractivity contribution < 1.29 is 19.1 Å². The molecule has 4 atom stereocenters. The molecule has 1 aliphatic heterocycles. The molecule has 0 N–H and O–H groups in total. The monoisotopic (exact) mass is 319 g/mol. The van der Waals surface area contributed by atoms with E-state index in [2.05, 4.69) is 4.74 Å². The Hall–Kier alpha value is -1.65. The van der Waals surface area contributed by atoms with Crippen LogP contribution in [0.3, 0.4) is 0 Å². The molecule has 5 nitrogen and oxygen atoms in total. The fraction of sp³-hybridized carbons (Fsp3) is 0.722. The molecule has 3 aliphatic carbocycles. The molecular formula is C18H25NO4. The summed E-state index contributed by atoms with van der Waals surface area (Å²) in [5.74, 6) is 3.27. The second-order valence-corrected chi connectivity index (χ2v) is 6.99. The summed E-state index contributed by atoms with van der Waals surface area (Å²) in [6, 6.07) is 0. The minimum atomic E-state index is -0.576. The Balaban J connectivity index is 0.000000139. The van der Waals surface area contributed by atoms with E-state index in [0.29, 0.717) is 0 Å². The van der Waals surface area contributed by atoms with Crippen molar-refractivity contribution in [2.24, 2.45) is 23.7 Å². The van der Waals surface area contributed by atoms with Gasteiger partial charge in [-0.05, 0) is 62.7 Å². The number of esters is 1. The molecule has 2 bridgehead atoms. The normalized spacial score (nSPS) is 33.7. The van der Waals surface area contributed by atoms with Crippen LogP contribution >= 0.6 is 0 Å². The second-order valence-electron chi connectivity index (χ2n) is 6.99. The summed E-state index contributed by atoms with van der Waals surface area (Å²) in [4.78, 5) is 33.6. The summed E-state index contributed by atoms with van der Waals surface area (Å²) in [5.41, 5.74) is 0. The van der Waals surface area contributed by atoms with Crippen LogP contribution in [0, 0.1) is 23.7 Å². The Labute approximate surface area is 137 Å². The van der Waals surface area contributed by atoms with E-state index in [0.717, 1.165) is 17.1 Å². The first-order valence-corrected chi connectivity index (χ1v) is 8.79. The van der Waals surface area contributed by atoms with Gasteiger partial charge in [-0.3, -0.25) is 19.3 Å². The maximum absolute atomic E-state index is 10.9. The second kappa shape index (κ2) is 6.85. The molecule has 0 aromatic heterocycles. The van der Waals surface area contributed by atoms with Gasteiger partial charge >= 0.3 is 5.97 Å². The molecule has 4 rings (SSSR count). The Morgan fingerprint density at radius 3 is 2.17 bits per heavy atom. The maximum atomic E-state index is 10.9. The van der Waals surface area contributed by atoms with Crippen molar-refractivity contribution >= 4 is 17.8 Å². The highest BCUT2D eigenvalue weighted by Gasteiger charge is 2.48. The quantitative estimate of drug-likeness (QED) is 0.591. The third kappa shape index (κ3) is 3.33. The highest BCUT2D eigenvalue weighted by Crippen LogP contribution is 2.58. The van der Waals surface area contributed by atoms with Gasteiger partial charge < -0.3 is 4.74 Å². The SMILES string of the molecule is C1CC2C3CCC(C3)C2C1.CCOC(=O)CN1C(=O)C=CC1=O. The van der Waals surface area contributed by atoms with Crippen molar-refractivity contribution in [2.45, 2.75) is 45.4 Å². The lowest BCUT2D eigenvalue weighted by Crippen LogP contribution is -2.35. The predicted molar refractivity (Wildman–Crippen MR) is 84.2 cm³/mol. The van der Waals surface area contributed by atoms with E-state index in [1.54, 1.807) is 45.4 Å². The van der Waals surface area contributed by atoms with Crippen LogP contribution in [0.1, 0.15) is 45.4 Å². The molecule has 1 heterocycles. The summed E-state index contributed by atoms with van der Waals surface area (Å²) in [5, 5.41) is 0. The molecule has 3 saturated carbocycles. The molecule has 0 radical (unpaired) electrons. The van der Waals surface area contributed by atoms with Crippen molar-refractivity contribution in [3.05, 3.63) is 12.2 Å². The van der Waals surface area contributed by atoms with Gasteiger partial charge in [0.25, 0.3) is 11.8 Å². The van der Waals surface area contributed by atoms with E-state index in [4.69, 9.17) is 0 Å². The minimum absolute atomic E-state index is 0.239. The average molecular weight is 319 g/mol. The van der Waals surface area contributed by atoms with Gasteiger partial charge in [-0.15, -0.1) is 0 Å². The number of fused-ring (bicyclic) bond motifs is 5. The number of ether oxygens (including phenoxy) is 1. The molecule has 0 aromatic rings. The summed E-state index contributed by atoms with van der Waals surface area (Å²) in [6.45, 7) is 1.59. The van der Waals surface area contributed by atoms with Crippen LogP contribution in [-0.4, -0.2) is 35.8 Å². The summed E-state index contributed by atoms with van der Waals surface area (Å²) < 4.78 is 4.59. The van der Waals surface area contributed by atoms with Gasteiger partial charge in [-0.2, -0.15) is 0 Å². The maximum Gasteiger partial charge on any atom is 0.326 e. The Bertz CT molecular complexity index is 493. The smallest absolute Gasteiger partial charge is 0.326 e. The van der Waals surface area contributed by atoms with Crippen LogP contribution in [-0.2, 0) is 19.1 Å². The number of carbonyl (C=O) groups excluding carboxylic acids is 3. The van der Waals surface area contributed by atoms with Crippen molar-refractivity contribution in [3.63, 3.8) is 0 Å². The average Bonchev–Trinajstić information content (AvgIpc) is 3.27. The molecule has 4 aliphatic rings. The fourth-order valence-electron chi connectivity index (χ4n) is 4.94. The van der Waals surface area contributed by atoms with Gasteiger partial charge in [0, 0.05) is 12.2 Å². The molecule has 0 spiro atoms. The molecule has 23 heavy (non-hydrogen) atoms. The van der Waals surface area contributed by atoms with E-state index in [9.17, 15) is 14.4 Å². The number of imide groups is 1. The largest absolute Gasteiger partial charge is 0.465 e. The lowest BCUT2D eigenvalue weighted by molar-refractivity contribution is -0.151. The summed E-state index contributed by atoms with van der Waals surface area (Å²) in [7, 11) is 0. The number of hydrogen-bond acceptors (Lipinski definition) is 4. The summed E-state index contributed by atoms with van der Waals surface area (Å²) in [6.07, 6.45) is 11.8. The zero-order valence-electron chi connectivity index (χ0n) is 13.7. The number of carbonyl (C=O) groups is 3. The third-order valence-electron chi connectivity index (χ3n) is 5.84. The molecule has 0 aromatic carbocycles. The molecule has 5 heteroatoms. The van der Waals surface area contributed by atoms with Crippen molar-refractivity contribution in [1.29, 1.82) is 0 Å². The topological polar surface area (TPSA) is 63.7 Å². The number of hydrogen-bond donors (Lipinski definition) is 0. The Morgan fingerprint density at radius 2 is 1.65 bits per heavy atom. The molecule has 0 saturated heterocycles. The van der Waals surface area contributed by atoms with E-state index in [1.807, 2.05) is 0 Å². The number of nitrogens with zero attached hydrogens (tertiary/aromatic N) is 1. The van der Waals surface area contributed by atoms with Crippen LogP contribution in [0.2, 0.25) is 0 Å². The van der Waals surface area contributed by atoms with Crippen LogP contribution in [0.25, 0.3) is 0 Å². The Morgan fingerprint density at radius 1 is 1.09 bits per heavy atom. The highest BCUT2D eigenvalue weighted by molar-refractivity contribution is 6.14. The standard InChI is InChI=1S/C10H16.C8H9NO4/c1-2-9-7-4-5-8(6-7)10(9)3-1;1-2-13-8(12)5-9-6(10)3-4-7(9)11/h7-10H,1-6H2;3-4H,2,5H2,1H3. The molecule has 4 unspecified atom stereocenters. The highest BCUT2D eigenvalue weighted by atomic mass is 16.5. The minimum Gasteiger partial charge on any atom is -0.465 e. The van der Waals surface area contributed by atoms with Gasteiger partial charge in [0.15, 0.2) is 0 Å². The van der Waals surface area contributed by atoms with E-state index in [-0.39, 0.29) is 13.2 Å².